The zero-order valence-electron chi connectivity index (χ0n) is 14.4. The van der Waals surface area contributed by atoms with Gasteiger partial charge in [0.1, 0.15) is 0 Å². The molecule has 1 aliphatic rings. The lowest BCUT2D eigenvalue weighted by Gasteiger charge is -2.17. The molecule has 1 fully saturated rings. The van der Waals surface area contributed by atoms with E-state index in [-0.39, 0.29) is 11.4 Å². The summed E-state index contributed by atoms with van der Waals surface area (Å²) in [6.45, 7) is 2.58. The van der Waals surface area contributed by atoms with Gasteiger partial charge in [0, 0.05) is 24.4 Å². The SMILES string of the molecule is Cc1nn(C)c2ncc(NC(=O)NCC3(c4ccccc4)CC3)cc12. The van der Waals surface area contributed by atoms with Crippen LogP contribution in [0.4, 0.5) is 10.5 Å². The predicted molar refractivity (Wildman–Crippen MR) is 97.6 cm³/mol. The molecule has 2 heterocycles. The fourth-order valence-electron chi connectivity index (χ4n) is 3.31. The summed E-state index contributed by atoms with van der Waals surface area (Å²) in [4.78, 5) is 16.7. The lowest BCUT2D eigenvalue weighted by Crippen LogP contribution is -2.35. The molecule has 0 spiro atoms. The number of hydrogen-bond donors (Lipinski definition) is 2. The number of benzene rings is 1. The van der Waals surface area contributed by atoms with E-state index in [0.29, 0.717) is 12.2 Å². The zero-order chi connectivity index (χ0) is 17.4. The number of urea groups is 1. The molecule has 4 rings (SSSR count). The third-order valence-electron chi connectivity index (χ3n) is 4.95. The topological polar surface area (TPSA) is 71.8 Å². The second kappa shape index (κ2) is 5.88. The number of hydrogen-bond acceptors (Lipinski definition) is 3. The molecule has 0 aliphatic heterocycles. The maximum Gasteiger partial charge on any atom is 0.319 e. The molecule has 0 radical (unpaired) electrons. The van der Waals surface area contributed by atoms with Crippen LogP contribution in [0.1, 0.15) is 24.1 Å². The molecule has 1 saturated carbocycles. The van der Waals surface area contributed by atoms with Crippen molar-refractivity contribution in [1.29, 1.82) is 0 Å². The van der Waals surface area contributed by atoms with Crippen molar-refractivity contribution >= 4 is 22.8 Å². The minimum atomic E-state index is -0.204. The summed E-state index contributed by atoms with van der Waals surface area (Å²) in [6, 6.07) is 12.1. The van der Waals surface area contributed by atoms with Crippen molar-refractivity contribution in [1.82, 2.24) is 20.1 Å². The zero-order valence-corrected chi connectivity index (χ0v) is 14.4. The van der Waals surface area contributed by atoms with Crippen molar-refractivity contribution in [3.05, 3.63) is 53.9 Å². The van der Waals surface area contributed by atoms with Crippen LogP contribution in [0.3, 0.4) is 0 Å². The van der Waals surface area contributed by atoms with Crippen molar-refractivity contribution in [2.24, 2.45) is 7.05 Å². The van der Waals surface area contributed by atoms with E-state index in [1.807, 2.05) is 38.2 Å². The standard InChI is InChI=1S/C19H21N5O/c1-13-16-10-15(11-20-17(16)24(2)23-13)22-18(25)21-12-19(8-9-19)14-6-4-3-5-7-14/h3-7,10-11H,8-9,12H2,1-2H3,(H2,21,22,25). The van der Waals surface area contributed by atoms with E-state index in [9.17, 15) is 4.79 Å². The Labute approximate surface area is 146 Å². The first-order chi connectivity index (χ1) is 12.1. The summed E-state index contributed by atoms with van der Waals surface area (Å²) in [7, 11) is 1.86. The Kier molecular flexibility index (Phi) is 3.67. The van der Waals surface area contributed by atoms with Gasteiger partial charge in [-0.2, -0.15) is 5.10 Å². The molecule has 0 bridgehead atoms. The number of carbonyl (C=O) groups excluding carboxylic acids is 1. The van der Waals surface area contributed by atoms with Crippen LogP contribution in [-0.2, 0) is 12.5 Å². The second-order valence-corrected chi connectivity index (χ2v) is 6.76. The highest BCUT2D eigenvalue weighted by Gasteiger charge is 2.44. The highest BCUT2D eigenvalue weighted by molar-refractivity contribution is 5.92. The van der Waals surface area contributed by atoms with E-state index in [2.05, 4.69) is 32.8 Å². The van der Waals surface area contributed by atoms with Crippen LogP contribution < -0.4 is 10.6 Å². The molecule has 1 aromatic carbocycles. The van der Waals surface area contributed by atoms with Crippen molar-refractivity contribution in [2.75, 3.05) is 11.9 Å². The van der Waals surface area contributed by atoms with E-state index < -0.39 is 0 Å². The fraction of sp³-hybridized carbons (Fsp3) is 0.316. The van der Waals surface area contributed by atoms with E-state index in [0.717, 1.165) is 29.6 Å². The van der Waals surface area contributed by atoms with Gasteiger partial charge in [0.25, 0.3) is 0 Å². The normalized spacial score (nSPS) is 15.1. The smallest absolute Gasteiger partial charge is 0.319 e. The Hall–Kier alpha value is -2.89. The Morgan fingerprint density at radius 2 is 2.04 bits per heavy atom. The highest BCUT2D eigenvalue weighted by atomic mass is 16.2. The van der Waals surface area contributed by atoms with Crippen LogP contribution in [0.2, 0.25) is 0 Å². The van der Waals surface area contributed by atoms with Gasteiger partial charge in [0.2, 0.25) is 0 Å². The van der Waals surface area contributed by atoms with Crippen LogP contribution in [0.5, 0.6) is 0 Å². The first-order valence-corrected chi connectivity index (χ1v) is 8.47. The lowest BCUT2D eigenvalue weighted by atomic mass is 9.96. The van der Waals surface area contributed by atoms with E-state index in [1.54, 1.807) is 10.9 Å². The summed E-state index contributed by atoms with van der Waals surface area (Å²) >= 11 is 0. The molecule has 6 nitrogen and oxygen atoms in total. The molecule has 2 amide bonds. The monoisotopic (exact) mass is 335 g/mol. The average molecular weight is 335 g/mol. The number of fused-ring (bicyclic) bond motifs is 1. The van der Waals surface area contributed by atoms with Gasteiger partial charge < -0.3 is 10.6 Å². The van der Waals surface area contributed by atoms with Gasteiger partial charge in [0.05, 0.1) is 17.6 Å². The van der Waals surface area contributed by atoms with E-state index >= 15 is 0 Å². The first-order valence-electron chi connectivity index (χ1n) is 8.47. The second-order valence-electron chi connectivity index (χ2n) is 6.76. The van der Waals surface area contributed by atoms with Crippen molar-refractivity contribution in [3.63, 3.8) is 0 Å². The quantitative estimate of drug-likeness (QED) is 0.769. The number of pyridine rings is 1. The largest absolute Gasteiger partial charge is 0.337 e. The van der Waals surface area contributed by atoms with Crippen LogP contribution in [0, 0.1) is 6.92 Å². The number of aryl methyl sites for hydroxylation is 2. The van der Waals surface area contributed by atoms with Crippen molar-refractivity contribution in [3.8, 4) is 0 Å². The molecule has 6 heteroatoms. The van der Waals surface area contributed by atoms with Crippen LogP contribution >= 0.6 is 0 Å². The number of nitrogens with one attached hydrogen (secondary N) is 2. The minimum Gasteiger partial charge on any atom is -0.337 e. The third-order valence-corrected chi connectivity index (χ3v) is 4.95. The van der Waals surface area contributed by atoms with Gasteiger partial charge in [-0.3, -0.25) is 4.68 Å². The Morgan fingerprint density at radius 3 is 2.76 bits per heavy atom. The van der Waals surface area contributed by atoms with Crippen LogP contribution in [0.25, 0.3) is 11.0 Å². The summed E-state index contributed by atoms with van der Waals surface area (Å²) in [5.74, 6) is 0. The Bertz CT molecular complexity index is 928. The molecule has 2 aromatic heterocycles. The number of aromatic nitrogens is 3. The van der Waals surface area contributed by atoms with Gasteiger partial charge >= 0.3 is 6.03 Å². The van der Waals surface area contributed by atoms with E-state index in [1.165, 1.54) is 5.56 Å². The van der Waals surface area contributed by atoms with E-state index in [4.69, 9.17) is 0 Å². The van der Waals surface area contributed by atoms with Crippen molar-refractivity contribution < 1.29 is 4.79 Å². The van der Waals surface area contributed by atoms with Crippen LogP contribution in [-0.4, -0.2) is 27.3 Å². The Morgan fingerprint density at radius 1 is 1.28 bits per heavy atom. The summed E-state index contributed by atoms with van der Waals surface area (Å²) in [6.07, 6.45) is 3.88. The van der Waals surface area contributed by atoms with Gasteiger partial charge in [0.15, 0.2) is 5.65 Å². The summed E-state index contributed by atoms with van der Waals surface area (Å²) < 4.78 is 1.74. The summed E-state index contributed by atoms with van der Waals surface area (Å²) in [5.41, 5.74) is 3.77. The molecular formula is C19H21N5O. The number of amides is 2. The molecule has 3 aromatic rings. The van der Waals surface area contributed by atoms with Crippen LogP contribution in [0.15, 0.2) is 42.6 Å². The average Bonchev–Trinajstić information content (AvgIpc) is 3.36. The molecule has 2 N–H and O–H groups in total. The third kappa shape index (κ3) is 2.95. The van der Waals surface area contributed by atoms with Gasteiger partial charge in [-0.1, -0.05) is 30.3 Å². The molecule has 0 saturated heterocycles. The van der Waals surface area contributed by atoms with Crippen molar-refractivity contribution in [2.45, 2.75) is 25.2 Å². The molecule has 0 unspecified atom stereocenters. The van der Waals surface area contributed by atoms with Gasteiger partial charge in [-0.25, -0.2) is 9.78 Å². The fourth-order valence-corrected chi connectivity index (χ4v) is 3.31. The number of carbonyl (C=O) groups is 1. The van der Waals surface area contributed by atoms with Gasteiger partial charge in [-0.15, -0.1) is 0 Å². The summed E-state index contributed by atoms with van der Waals surface area (Å²) in [5, 5.41) is 11.2. The first kappa shape index (κ1) is 15.6. The molecule has 1 aliphatic carbocycles. The number of rotatable bonds is 4. The predicted octanol–water partition coefficient (Wildman–Crippen LogP) is 3.13. The minimum absolute atomic E-state index is 0.0980. The molecule has 25 heavy (non-hydrogen) atoms. The number of nitrogens with zero attached hydrogens (tertiary/aromatic N) is 3. The maximum absolute atomic E-state index is 12.3. The Balaban J connectivity index is 1.42. The lowest BCUT2D eigenvalue weighted by molar-refractivity contribution is 0.251. The molecule has 128 valence electrons. The molecular weight excluding hydrogens is 314 g/mol. The van der Waals surface area contributed by atoms with Gasteiger partial charge in [-0.05, 0) is 31.4 Å². The maximum atomic E-state index is 12.3. The molecule has 0 atom stereocenters. The number of anilines is 1. The highest BCUT2D eigenvalue weighted by Crippen LogP contribution is 2.47.